The zero-order valence-electron chi connectivity index (χ0n) is 18.1. The van der Waals surface area contributed by atoms with E-state index in [1.807, 2.05) is 18.2 Å². The second-order valence-electron chi connectivity index (χ2n) is 9.38. The Labute approximate surface area is 183 Å². The number of aromatic nitrogens is 1. The Bertz CT molecular complexity index is 888. The number of nitrogens with one attached hydrogen (secondary N) is 1. The van der Waals surface area contributed by atoms with Gasteiger partial charge >= 0.3 is 0 Å². The third-order valence-electron chi connectivity index (χ3n) is 6.80. The summed E-state index contributed by atoms with van der Waals surface area (Å²) in [6.07, 6.45) is 4.16. The van der Waals surface area contributed by atoms with Crippen LogP contribution in [0.3, 0.4) is 0 Å². The number of hydrogen-bond donors (Lipinski definition) is 1. The average molecular weight is 434 g/mol. The Morgan fingerprint density at radius 3 is 2.73 bits per heavy atom. The van der Waals surface area contributed by atoms with E-state index >= 15 is 0 Å². The molecular formula is C24H33ClFN3O. The summed E-state index contributed by atoms with van der Waals surface area (Å²) >= 11 is 6.25. The standard InChI is InChI=1S/C24H33ClFN3O/c1-16(2)13-22-24-19(20-14-18(25)3-4-21(20)27-24)7-12-29(22)23(30)8-11-28-9-5-17(15-26)6-10-28/h3-4,14,16-17,22,27H,5-13,15H2,1-2H3. The minimum Gasteiger partial charge on any atom is -0.356 e. The number of alkyl halides is 1. The van der Waals surface area contributed by atoms with Crippen LogP contribution in [0.15, 0.2) is 18.2 Å². The largest absolute Gasteiger partial charge is 0.356 e. The average Bonchev–Trinajstić information content (AvgIpc) is 3.10. The van der Waals surface area contributed by atoms with Gasteiger partial charge in [0.2, 0.25) is 5.91 Å². The van der Waals surface area contributed by atoms with Gasteiger partial charge in [0, 0.05) is 41.1 Å². The number of carbonyl (C=O) groups is 1. The van der Waals surface area contributed by atoms with Crippen molar-refractivity contribution in [3.05, 3.63) is 34.5 Å². The highest BCUT2D eigenvalue weighted by atomic mass is 35.5. The number of nitrogens with zero attached hydrogens (tertiary/aromatic N) is 2. The Hall–Kier alpha value is -1.59. The van der Waals surface area contributed by atoms with Crippen molar-refractivity contribution in [2.75, 3.05) is 32.9 Å². The van der Waals surface area contributed by atoms with Crippen LogP contribution in [0.4, 0.5) is 4.39 Å². The molecule has 3 heterocycles. The van der Waals surface area contributed by atoms with Crippen LogP contribution in [-0.4, -0.2) is 53.5 Å². The highest BCUT2D eigenvalue weighted by molar-refractivity contribution is 6.31. The van der Waals surface area contributed by atoms with E-state index in [1.165, 1.54) is 16.6 Å². The molecule has 4 nitrogen and oxygen atoms in total. The van der Waals surface area contributed by atoms with Crippen molar-refractivity contribution in [1.82, 2.24) is 14.8 Å². The molecule has 2 aromatic rings. The van der Waals surface area contributed by atoms with Crippen LogP contribution in [0.25, 0.3) is 10.9 Å². The second-order valence-corrected chi connectivity index (χ2v) is 9.82. The van der Waals surface area contributed by atoms with E-state index in [-0.39, 0.29) is 24.5 Å². The number of piperidine rings is 1. The van der Waals surface area contributed by atoms with E-state index in [4.69, 9.17) is 11.6 Å². The van der Waals surface area contributed by atoms with Gasteiger partial charge in [-0.3, -0.25) is 9.18 Å². The quantitative estimate of drug-likeness (QED) is 0.665. The highest BCUT2D eigenvalue weighted by Crippen LogP contribution is 2.38. The molecule has 1 aromatic heterocycles. The predicted octanol–water partition coefficient (Wildman–Crippen LogP) is 5.36. The van der Waals surface area contributed by atoms with Crippen LogP contribution < -0.4 is 0 Å². The lowest BCUT2D eigenvalue weighted by atomic mass is 9.91. The van der Waals surface area contributed by atoms with Crippen molar-refractivity contribution >= 4 is 28.4 Å². The van der Waals surface area contributed by atoms with Gasteiger partial charge in [0.15, 0.2) is 0 Å². The summed E-state index contributed by atoms with van der Waals surface area (Å²) < 4.78 is 12.8. The Balaban J connectivity index is 1.49. The van der Waals surface area contributed by atoms with Crippen molar-refractivity contribution in [2.24, 2.45) is 11.8 Å². The number of fused-ring (bicyclic) bond motifs is 3. The molecule has 1 fully saturated rings. The third kappa shape index (κ3) is 4.52. The monoisotopic (exact) mass is 433 g/mol. The number of halogens is 2. The molecule has 0 saturated carbocycles. The zero-order valence-corrected chi connectivity index (χ0v) is 18.8. The first-order chi connectivity index (χ1) is 14.5. The van der Waals surface area contributed by atoms with E-state index in [2.05, 4.69) is 28.6 Å². The van der Waals surface area contributed by atoms with Gasteiger partial charge < -0.3 is 14.8 Å². The lowest BCUT2D eigenvalue weighted by Gasteiger charge is -2.38. The molecule has 30 heavy (non-hydrogen) atoms. The maximum atomic E-state index is 13.2. The minimum absolute atomic E-state index is 0.0877. The van der Waals surface area contributed by atoms with Crippen LogP contribution in [0, 0.1) is 11.8 Å². The van der Waals surface area contributed by atoms with Crippen LogP contribution in [-0.2, 0) is 11.2 Å². The molecule has 1 amide bonds. The van der Waals surface area contributed by atoms with E-state index in [1.54, 1.807) is 0 Å². The number of aromatic amines is 1. The fraction of sp³-hybridized carbons (Fsp3) is 0.625. The molecule has 1 unspecified atom stereocenters. The van der Waals surface area contributed by atoms with E-state index in [9.17, 15) is 9.18 Å². The van der Waals surface area contributed by atoms with Gasteiger partial charge in [-0.2, -0.15) is 0 Å². The summed E-state index contributed by atoms with van der Waals surface area (Å²) in [5.74, 6) is 0.935. The number of rotatable bonds is 6. The van der Waals surface area contributed by atoms with Gasteiger partial charge in [-0.05, 0) is 74.4 Å². The number of carbonyl (C=O) groups excluding carboxylic acids is 1. The number of amides is 1. The van der Waals surface area contributed by atoms with Crippen molar-refractivity contribution in [1.29, 1.82) is 0 Å². The molecule has 4 rings (SSSR count). The normalized spacial score (nSPS) is 20.8. The van der Waals surface area contributed by atoms with Crippen LogP contribution in [0.1, 0.15) is 56.8 Å². The fourth-order valence-electron chi connectivity index (χ4n) is 5.09. The molecule has 0 spiro atoms. The van der Waals surface area contributed by atoms with Crippen LogP contribution in [0.2, 0.25) is 5.02 Å². The summed E-state index contributed by atoms with van der Waals surface area (Å²) in [6.45, 7) is 7.56. The smallest absolute Gasteiger partial charge is 0.224 e. The molecule has 0 bridgehead atoms. The van der Waals surface area contributed by atoms with Crippen molar-refractivity contribution < 1.29 is 9.18 Å². The van der Waals surface area contributed by atoms with Gasteiger partial charge in [-0.15, -0.1) is 0 Å². The summed E-state index contributed by atoms with van der Waals surface area (Å²) in [6, 6.07) is 6.08. The lowest BCUT2D eigenvalue weighted by Crippen LogP contribution is -2.43. The van der Waals surface area contributed by atoms with E-state index in [0.29, 0.717) is 12.3 Å². The first-order valence-electron chi connectivity index (χ1n) is 11.3. The maximum Gasteiger partial charge on any atom is 0.224 e. The Morgan fingerprint density at radius 1 is 1.27 bits per heavy atom. The van der Waals surface area contributed by atoms with Crippen molar-refractivity contribution in [3.8, 4) is 0 Å². The summed E-state index contributed by atoms with van der Waals surface area (Å²) in [4.78, 5) is 21.3. The minimum atomic E-state index is -0.213. The molecule has 6 heteroatoms. The fourth-order valence-corrected chi connectivity index (χ4v) is 5.26. The summed E-state index contributed by atoms with van der Waals surface area (Å²) in [7, 11) is 0. The molecule has 1 saturated heterocycles. The maximum absolute atomic E-state index is 13.2. The van der Waals surface area contributed by atoms with Gasteiger partial charge in [0.1, 0.15) is 0 Å². The first-order valence-corrected chi connectivity index (χ1v) is 11.7. The molecule has 2 aliphatic heterocycles. The van der Waals surface area contributed by atoms with Gasteiger partial charge in [-0.1, -0.05) is 25.4 Å². The van der Waals surface area contributed by atoms with E-state index < -0.39 is 0 Å². The van der Waals surface area contributed by atoms with E-state index in [0.717, 1.165) is 62.4 Å². The highest BCUT2D eigenvalue weighted by Gasteiger charge is 2.33. The molecule has 2 aliphatic rings. The Kier molecular flexibility index (Phi) is 6.69. The number of hydrogen-bond acceptors (Lipinski definition) is 2. The van der Waals surface area contributed by atoms with Crippen LogP contribution >= 0.6 is 11.6 Å². The molecule has 0 aliphatic carbocycles. The lowest BCUT2D eigenvalue weighted by molar-refractivity contribution is -0.135. The van der Waals surface area contributed by atoms with Gasteiger partial charge in [0.25, 0.3) is 0 Å². The molecule has 1 atom stereocenters. The van der Waals surface area contributed by atoms with Crippen molar-refractivity contribution in [3.63, 3.8) is 0 Å². The zero-order chi connectivity index (χ0) is 21.3. The SMILES string of the molecule is CC(C)CC1c2[nH]c3ccc(Cl)cc3c2CCN1C(=O)CCN1CCC(CF)CC1. The molecular weight excluding hydrogens is 401 g/mol. The van der Waals surface area contributed by atoms with Crippen molar-refractivity contribution in [2.45, 2.75) is 52.0 Å². The molecule has 1 N–H and O–H groups in total. The third-order valence-corrected chi connectivity index (χ3v) is 7.03. The van der Waals surface area contributed by atoms with Crippen LogP contribution in [0.5, 0.6) is 0 Å². The molecule has 164 valence electrons. The Morgan fingerprint density at radius 2 is 2.03 bits per heavy atom. The molecule has 1 aromatic carbocycles. The predicted molar refractivity (Wildman–Crippen MR) is 121 cm³/mol. The second kappa shape index (κ2) is 9.27. The number of likely N-dealkylation sites (tertiary alicyclic amines) is 1. The number of benzene rings is 1. The topological polar surface area (TPSA) is 39.3 Å². The summed E-state index contributed by atoms with van der Waals surface area (Å²) in [5.41, 5.74) is 3.60. The van der Waals surface area contributed by atoms with Gasteiger partial charge in [-0.25, -0.2) is 0 Å². The molecule has 0 radical (unpaired) electrons. The number of H-pyrrole nitrogens is 1. The summed E-state index contributed by atoms with van der Waals surface area (Å²) in [5, 5.41) is 1.94. The first kappa shape index (κ1) is 21.6. The van der Waals surface area contributed by atoms with Gasteiger partial charge in [0.05, 0.1) is 12.7 Å².